The van der Waals surface area contributed by atoms with Crippen LogP contribution in [0.5, 0.6) is 0 Å². The van der Waals surface area contributed by atoms with Crippen molar-refractivity contribution < 1.29 is 13.5 Å². The van der Waals surface area contributed by atoms with E-state index < -0.39 is 11.6 Å². The minimum atomic E-state index is -0.918. The predicted octanol–water partition coefficient (Wildman–Crippen LogP) is 2.98. The molecule has 1 atom stereocenters. The van der Waals surface area contributed by atoms with E-state index in [0.29, 0.717) is 43.5 Å². The number of hydrogen-bond acceptors (Lipinski definition) is 5. The molecule has 1 N–H and O–H groups in total. The lowest BCUT2D eigenvalue weighted by Gasteiger charge is -2.28. The molecule has 0 bridgehead atoms. The zero-order valence-electron chi connectivity index (χ0n) is 15.4. The Morgan fingerprint density at radius 3 is 2.68 bits per heavy atom. The van der Waals surface area contributed by atoms with Crippen LogP contribution >= 0.6 is 0 Å². The molecule has 1 fully saturated rings. The van der Waals surface area contributed by atoms with E-state index in [-0.39, 0.29) is 11.6 Å². The molecule has 0 spiro atoms. The molecule has 3 heterocycles. The third-order valence-electron chi connectivity index (χ3n) is 4.81. The highest BCUT2D eigenvalue weighted by atomic mass is 19.2. The molecular weight excluding hydrogens is 366 g/mol. The number of morpholine rings is 1. The van der Waals surface area contributed by atoms with Gasteiger partial charge < -0.3 is 15.0 Å². The van der Waals surface area contributed by atoms with E-state index in [0.717, 1.165) is 17.7 Å². The van der Waals surface area contributed by atoms with E-state index in [9.17, 15) is 13.6 Å². The summed E-state index contributed by atoms with van der Waals surface area (Å²) in [6, 6.07) is 8.52. The van der Waals surface area contributed by atoms with Crippen molar-refractivity contribution in [3.63, 3.8) is 0 Å². The molecule has 0 radical (unpaired) electrons. The van der Waals surface area contributed by atoms with Crippen LogP contribution in [0.1, 0.15) is 18.5 Å². The fourth-order valence-electron chi connectivity index (χ4n) is 3.34. The Morgan fingerprint density at radius 2 is 1.93 bits per heavy atom. The molecule has 1 saturated heterocycles. The average molecular weight is 386 g/mol. The Kier molecular flexibility index (Phi) is 4.95. The summed E-state index contributed by atoms with van der Waals surface area (Å²) in [7, 11) is 0. The summed E-state index contributed by atoms with van der Waals surface area (Å²) < 4.78 is 33.5. The maximum Gasteiger partial charge on any atom is 0.259 e. The molecule has 1 aromatic carbocycles. The molecule has 6 nitrogen and oxygen atoms in total. The summed E-state index contributed by atoms with van der Waals surface area (Å²) in [6.45, 7) is 4.42. The topological polar surface area (TPSA) is 58.9 Å². The molecular formula is C20H20F2N4O2. The number of hydrogen-bond donors (Lipinski definition) is 1. The molecule has 0 amide bonds. The van der Waals surface area contributed by atoms with E-state index in [1.807, 2.05) is 17.9 Å². The highest BCUT2D eigenvalue weighted by Crippen LogP contribution is 2.24. The highest BCUT2D eigenvalue weighted by Gasteiger charge is 2.17. The summed E-state index contributed by atoms with van der Waals surface area (Å²) in [4.78, 5) is 19.3. The van der Waals surface area contributed by atoms with Gasteiger partial charge in [-0.05, 0) is 25.1 Å². The molecule has 146 valence electrons. The van der Waals surface area contributed by atoms with Crippen molar-refractivity contribution in [2.45, 2.75) is 13.0 Å². The second kappa shape index (κ2) is 7.55. The van der Waals surface area contributed by atoms with Gasteiger partial charge in [0.1, 0.15) is 11.5 Å². The van der Waals surface area contributed by atoms with E-state index in [4.69, 9.17) is 9.72 Å². The Morgan fingerprint density at radius 1 is 1.14 bits per heavy atom. The van der Waals surface area contributed by atoms with Crippen molar-refractivity contribution in [3.05, 3.63) is 70.1 Å². The van der Waals surface area contributed by atoms with Gasteiger partial charge in [-0.1, -0.05) is 6.07 Å². The van der Waals surface area contributed by atoms with Gasteiger partial charge in [0, 0.05) is 42.7 Å². The molecule has 1 aliphatic rings. The standard InChI is InChI=1S/C20H20F2N4O2/c1-13(23-14-4-5-16(21)17(22)11-14)15-3-2-6-26-19(27)12-18(24-20(15)26)25-7-9-28-10-8-25/h2-6,11-13,23H,7-10H2,1H3. The van der Waals surface area contributed by atoms with Crippen molar-refractivity contribution in [1.29, 1.82) is 0 Å². The Hall–Kier alpha value is -3.00. The third-order valence-corrected chi connectivity index (χ3v) is 4.81. The van der Waals surface area contributed by atoms with E-state index in [1.165, 1.54) is 16.5 Å². The van der Waals surface area contributed by atoms with Gasteiger partial charge in [0.25, 0.3) is 5.56 Å². The number of halogens is 2. The van der Waals surface area contributed by atoms with Crippen LogP contribution in [-0.2, 0) is 4.74 Å². The van der Waals surface area contributed by atoms with Gasteiger partial charge in [0.2, 0.25) is 0 Å². The van der Waals surface area contributed by atoms with Gasteiger partial charge in [-0.3, -0.25) is 9.20 Å². The van der Waals surface area contributed by atoms with Crippen LogP contribution in [0.15, 0.2) is 47.4 Å². The van der Waals surface area contributed by atoms with Crippen LogP contribution in [-0.4, -0.2) is 35.7 Å². The van der Waals surface area contributed by atoms with E-state index in [2.05, 4.69) is 5.32 Å². The molecule has 0 aliphatic carbocycles. The molecule has 28 heavy (non-hydrogen) atoms. The average Bonchev–Trinajstić information content (AvgIpc) is 2.71. The number of ether oxygens (including phenoxy) is 1. The molecule has 3 aromatic rings. The van der Waals surface area contributed by atoms with E-state index in [1.54, 1.807) is 12.3 Å². The first-order valence-electron chi connectivity index (χ1n) is 9.09. The van der Waals surface area contributed by atoms with Gasteiger partial charge in [-0.25, -0.2) is 13.8 Å². The number of nitrogens with zero attached hydrogens (tertiary/aromatic N) is 3. The van der Waals surface area contributed by atoms with Gasteiger partial charge in [-0.15, -0.1) is 0 Å². The minimum Gasteiger partial charge on any atom is -0.378 e. The van der Waals surface area contributed by atoms with Crippen LogP contribution in [0.3, 0.4) is 0 Å². The fraction of sp³-hybridized carbons (Fsp3) is 0.300. The van der Waals surface area contributed by atoms with Crippen LogP contribution in [0.4, 0.5) is 20.3 Å². The quantitative estimate of drug-likeness (QED) is 0.747. The number of aromatic nitrogens is 2. The molecule has 1 unspecified atom stereocenters. The van der Waals surface area contributed by atoms with Crippen LogP contribution in [0.25, 0.3) is 5.65 Å². The van der Waals surface area contributed by atoms with Gasteiger partial charge >= 0.3 is 0 Å². The largest absolute Gasteiger partial charge is 0.378 e. The lowest BCUT2D eigenvalue weighted by molar-refractivity contribution is 0.122. The zero-order chi connectivity index (χ0) is 19.7. The highest BCUT2D eigenvalue weighted by molar-refractivity contribution is 5.57. The summed E-state index contributed by atoms with van der Waals surface area (Å²) in [5.74, 6) is -1.20. The second-order valence-corrected chi connectivity index (χ2v) is 6.70. The molecule has 2 aromatic heterocycles. The first-order chi connectivity index (χ1) is 13.5. The number of benzene rings is 1. The zero-order valence-corrected chi connectivity index (χ0v) is 15.4. The fourth-order valence-corrected chi connectivity index (χ4v) is 3.34. The number of nitrogens with one attached hydrogen (secondary N) is 1. The Labute approximate surface area is 160 Å². The van der Waals surface area contributed by atoms with Crippen LogP contribution in [0, 0.1) is 11.6 Å². The number of rotatable bonds is 4. The van der Waals surface area contributed by atoms with Crippen molar-refractivity contribution in [2.24, 2.45) is 0 Å². The van der Waals surface area contributed by atoms with Crippen LogP contribution in [0.2, 0.25) is 0 Å². The second-order valence-electron chi connectivity index (χ2n) is 6.70. The number of fused-ring (bicyclic) bond motifs is 1. The first-order valence-corrected chi connectivity index (χ1v) is 9.09. The van der Waals surface area contributed by atoms with E-state index >= 15 is 0 Å². The lowest BCUT2D eigenvalue weighted by Crippen LogP contribution is -2.37. The molecule has 8 heteroatoms. The molecule has 1 aliphatic heterocycles. The van der Waals surface area contributed by atoms with Crippen LogP contribution < -0.4 is 15.8 Å². The maximum atomic E-state index is 13.5. The van der Waals surface area contributed by atoms with Crippen molar-refractivity contribution in [3.8, 4) is 0 Å². The number of pyridine rings is 1. The Bertz CT molecular complexity index is 1060. The molecule has 0 saturated carbocycles. The van der Waals surface area contributed by atoms with Crippen molar-refractivity contribution in [2.75, 3.05) is 36.5 Å². The Balaban J connectivity index is 1.72. The number of anilines is 2. The van der Waals surface area contributed by atoms with Gasteiger partial charge in [-0.2, -0.15) is 0 Å². The normalized spacial score (nSPS) is 15.6. The first kappa shape index (κ1) is 18.4. The third kappa shape index (κ3) is 3.55. The summed E-state index contributed by atoms with van der Waals surface area (Å²) in [6.07, 6.45) is 1.67. The monoisotopic (exact) mass is 386 g/mol. The smallest absolute Gasteiger partial charge is 0.259 e. The summed E-state index contributed by atoms with van der Waals surface area (Å²) >= 11 is 0. The van der Waals surface area contributed by atoms with Crippen molar-refractivity contribution >= 4 is 17.2 Å². The SMILES string of the molecule is CC(Nc1ccc(F)c(F)c1)c1cccn2c(=O)cc(N3CCOCC3)nc12. The summed E-state index contributed by atoms with van der Waals surface area (Å²) in [5, 5.41) is 3.14. The maximum absolute atomic E-state index is 13.5. The minimum absolute atomic E-state index is 0.173. The van der Waals surface area contributed by atoms with Crippen molar-refractivity contribution in [1.82, 2.24) is 9.38 Å². The summed E-state index contributed by atoms with van der Waals surface area (Å²) in [5.41, 5.74) is 1.58. The predicted molar refractivity (Wildman–Crippen MR) is 103 cm³/mol. The lowest BCUT2D eigenvalue weighted by atomic mass is 10.1. The molecule has 4 rings (SSSR count). The van der Waals surface area contributed by atoms with Gasteiger partial charge in [0.05, 0.1) is 19.3 Å². The van der Waals surface area contributed by atoms with Gasteiger partial charge in [0.15, 0.2) is 11.6 Å².